The Balaban J connectivity index is 1.18. The van der Waals surface area contributed by atoms with Crippen molar-refractivity contribution in [1.82, 2.24) is 29.9 Å². The fraction of sp³-hybridized carbons (Fsp3) is 0.105. The van der Waals surface area contributed by atoms with E-state index in [2.05, 4.69) is 56.2 Å². The molecule has 0 unspecified atom stereocenters. The van der Waals surface area contributed by atoms with Crippen LogP contribution in [-0.2, 0) is 29.0 Å². The highest BCUT2D eigenvalue weighted by atomic mass is 35.5. The fourth-order valence-corrected chi connectivity index (χ4v) is 6.82. The van der Waals surface area contributed by atoms with Gasteiger partial charge in [0.25, 0.3) is 10.1 Å². The molecule has 6 N–H and O–H groups in total. The van der Waals surface area contributed by atoms with Gasteiger partial charge in [-0.15, -0.1) is 4.33 Å². The predicted octanol–water partition coefficient (Wildman–Crippen LogP) is 8.54. The van der Waals surface area contributed by atoms with Crippen LogP contribution in [0.2, 0.25) is 10.6 Å². The molecule has 0 bridgehead atoms. The Hall–Kier alpha value is -6.50. The zero-order chi connectivity index (χ0) is 44.2. The summed E-state index contributed by atoms with van der Waals surface area (Å²) in [6, 6.07) is 21.7. The topological polar surface area (TPSA) is 271 Å². The lowest BCUT2D eigenvalue weighted by Gasteiger charge is -2.12. The summed E-state index contributed by atoms with van der Waals surface area (Å²) >= 11 is 13.0. The zero-order valence-electron chi connectivity index (χ0n) is 32.1. The minimum atomic E-state index is -4.79. The smallest absolute Gasteiger partial charge is 0.338 e. The molecule has 0 aliphatic rings. The minimum absolute atomic E-state index is 0.0337. The molecule has 0 amide bonds. The fourth-order valence-electron chi connectivity index (χ4n) is 5.27. The van der Waals surface area contributed by atoms with Crippen LogP contribution in [0.5, 0.6) is 0 Å². The van der Waals surface area contributed by atoms with E-state index in [0.29, 0.717) is 50.7 Å². The number of rotatable bonds is 18. The molecule has 0 aliphatic heterocycles. The summed E-state index contributed by atoms with van der Waals surface area (Å²) in [5.74, 6) is -0.811. The molecule has 0 radical (unpaired) electrons. The van der Waals surface area contributed by atoms with Crippen molar-refractivity contribution < 1.29 is 46.7 Å². The summed E-state index contributed by atoms with van der Waals surface area (Å²) in [5.41, 5.74) is 2.94. The van der Waals surface area contributed by atoms with E-state index >= 15 is 0 Å². The second kappa shape index (κ2) is 20.8. The van der Waals surface area contributed by atoms with Gasteiger partial charge in [0.2, 0.25) is 34.4 Å². The number of esters is 2. The quantitative estimate of drug-likeness (QED) is 0.0118. The second-order valence-electron chi connectivity index (χ2n) is 12.1. The van der Waals surface area contributed by atoms with Crippen molar-refractivity contribution in [2.45, 2.75) is 23.6 Å². The number of carbonyl (C=O) groups excluding carboxylic acids is 2. The molecule has 0 spiro atoms. The molecular formula is C38H32Cl2N10O10S2. The summed E-state index contributed by atoms with van der Waals surface area (Å²) in [6.45, 7) is 3.90. The van der Waals surface area contributed by atoms with E-state index < -0.39 is 27.0 Å². The molecule has 0 saturated heterocycles. The van der Waals surface area contributed by atoms with Crippen LogP contribution >= 0.6 is 35.2 Å². The number of anilines is 8. The van der Waals surface area contributed by atoms with E-state index in [4.69, 9.17) is 42.3 Å². The summed E-state index contributed by atoms with van der Waals surface area (Å²) in [6.07, 6.45) is 2.96. The van der Waals surface area contributed by atoms with Gasteiger partial charge in [-0.1, -0.05) is 29.3 Å². The molecule has 0 aliphatic carbocycles. The Morgan fingerprint density at radius 2 is 1.03 bits per heavy atom. The third-order valence-electron chi connectivity index (χ3n) is 7.93. The SMILES string of the molecule is CCOC(=O)c1ccc(Nc2nc(Cl)nc(Nc3ccc(/C=C/c4ccc(Nc5nc(Cl)nc(Nc6ccc(C(=O)OCC)cc6)n5)cc4S(=O)(=O)O)c(SOOO)c3)n2)cc1. The minimum Gasteiger partial charge on any atom is -0.462 e. The number of halogens is 2. The molecule has 62 heavy (non-hydrogen) atoms. The maximum Gasteiger partial charge on any atom is 0.338 e. The summed E-state index contributed by atoms with van der Waals surface area (Å²) in [7, 11) is -4.79. The van der Waals surface area contributed by atoms with E-state index in [0.717, 1.165) is 0 Å². The number of carbonyl (C=O) groups is 2. The lowest BCUT2D eigenvalue weighted by atomic mass is 10.1. The van der Waals surface area contributed by atoms with Gasteiger partial charge in [0.1, 0.15) is 4.90 Å². The molecule has 2 heterocycles. The molecule has 0 saturated carbocycles. The lowest BCUT2D eigenvalue weighted by molar-refractivity contribution is -0.432. The third kappa shape index (κ3) is 12.5. The molecular weight excluding hydrogens is 892 g/mol. The number of aromatic nitrogens is 6. The normalized spacial score (nSPS) is 11.3. The van der Waals surface area contributed by atoms with Gasteiger partial charge >= 0.3 is 11.9 Å². The van der Waals surface area contributed by atoms with Gasteiger partial charge in [-0.25, -0.2) is 14.8 Å². The van der Waals surface area contributed by atoms with Crippen LogP contribution in [0.3, 0.4) is 0 Å². The number of nitrogens with one attached hydrogen (secondary N) is 4. The van der Waals surface area contributed by atoms with Gasteiger partial charge in [-0.3, -0.25) is 4.55 Å². The van der Waals surface area contributed by atoms with Crippen molar-refractivity contribution in [2.75, 3.05) is 34.5 Å². The number of ether oxygens (including phenoxy) is 2. The van der Waals surface area contributed by atoms with Crippen LogP contribution in [0.25, 0.3) is 12.2 Å². The summed E-state index contributed by atoms with van der Waals surface area (Å²) in [5, 5.41) is 24.2. The summed E-state index contributed by atoms with van der Waals surface area (Å²) in [4.78, 5) is 48.8. The molecule has 320 valence electrons. The Kier molecular flexibility index (Phi) is 15.1. The van der Waals surface area contributed by atoms with Crippen LogP contribution < -0.4 is 21.3 Å². The maximum absolute atomic E-state index is 12.6. The van der Waals surface area contributed by atoms with Gasteiger partial charge in [0.05, 0.1) is 36.4 Å². The van der Waals surface area contributed by atoms with Crippen LogP contribution in [0.1, 0.15) is 45.7 Å². The third-order valence-corrected chi connectivity index (χ3v) is 9.84. The van der Waals surface area contributed by atoms with Crippen molar-refractivity contribution in [2.24, 2.45) is 0 Å². The monoisotopic (exact) mass is 922 g/mol. The van der Waals surface area contributed by atoms with Gasteiger partial charge in [-0.2, -0.15) is 38.3 Å². The Labute approximate surface area is 366 Å². The molecule has 6 aromatic rings. The van der Waals surface area contributed by atoms with Gasteiger partial charge < -0.3 is 30.7 Å². The Bertz CT molecular complexity index is 2720. The van der Waals surface area contributed by atoms with Crippen molar-refractivity contribution in [3.8, 4) is 0 Å². The largest absolute Gasteiger partial charge is 0.462 e. The molecule has 2 aromatic heterocycles. The van der Waals surface area contributed by atoms with Crippen molar-refractivity contribution in [3.63, 3.8) is 0 Å². The van der Waals surface area contributed by atoms with Crippen molar-refractivity contribution in [3.05, 3.63) is 118 Å². The van der Waals surface area contributed by atoms with Gasteiger partial charge in [0, 0.05) is 27.6 Å². The summed E-state index contributed by atoms with van der Waals surface area (Å²) < 4.78 is 50.1. The molecule has 0 fully saturated rings. The van der Waals surface area contributed by atoms with Crippen LogP contribution in [-0.4, -0.2) is 73.3 Å². The first-order valence-electron chi connectivity index (χ1n) is 17.8. The highest BCUT2D eigenvalue weighted by molar-refractivity contribution is 7.94. The number of benzene rings is 4. The highest BCUT2D eigenvalue weighted by Crippen LogP contribution is 2.32. The molecule has 0 atom stereocenters. The van der Waals surface area contributed by atoms with E-state index in [9.17, 15) is 22.6 Å². The second-order valence-corrected chi connectivity index (χ2v) is 14.9. The first-order chi connectivity index (χ1) is 29.8. The van der Waals surface area contributed by atoms with Crippen LogP contribution in [0, 0.1) is 0 Å². The predicted molar refractivity (Wildman–Crippen MR) is 230 cm³/mol. The van der Waals surface area contributed by atoms with Crippen LogP contribution in [0.4, 0.5) is 46.5 Å². The van der Waals surface area contributed by atoms with E-state index in [1.807, 2.05) is 0 Å². The molecule has 20 nitrogen and oxygen atoms in total. The van der Waals surface area contributed by atoms with Crippen molar-refractivity contribution in [1.29, 1.82) is 0 Å². The Morgan fingerprint density at radius 3 is 1.47 bits per heavy atom. The number of hydrogen-bond acceptors (Lipinski definition) is 20. The van der Waals surface area contributed by atoms with E-state index in [-0.39, 0.29) is 58.8 Å². The molecule has 24 heteroatoms. The van der Waals surface area contributed by atoms with E-state index in [1.165, 1.54) is 30.4 Å². The number of hydrogen-bond donors (Lipinski definition) is 6. The highest BCUT2D eigenvalue weighted by Gasteiger charge is 2.17. The average molecular weight is 924 g/mol. The van der Waals surface area contributed by atoms with Crippen LogP contribution in [0.15, 0.2) is 94.7 Å². The molecule has 6 rings (SSSR count). The van der Waals surface area contributed by atoms with E-state index in [1.54, 1.807) is 80.6 Å². The zero-order valence-corrected chi connectivity index (χ0v) is 35.2. The van der Waals surface area contributed by atoms with Gasteiger partial charge in [0.15, 0.2) is 0 Å². The van der Waals surface area contributed by atoms with Crippen molar-refractivity contribution >= 4 is 116 Å². The first kappa shape index (κ1) is 45.0. The van der Waals surface area contributed by atoms with Gasteiger partial charge in [-0.05, 0) is 121 Å². The standard InChI is InChI=1S/C38H32Cl2N10O10S2/c1-3-57-31(51)23-9-13-25(14-10-23)41-35-45-33(39)47-37(49-35)43-27-17-7-21(29(19-27)61-60-59-53)5-6-22-8-18-28(20-30(22)62(54,55)56)44-38-48-34(40)46-36(50-38)42-26-15-11-24(12-16-26)32(52)58-4-2/h5-20,53H,3-4H2,1-2H3,(H,54,55,56)(H2,41,43,45,47,49)(H2,42,44,46,48,50)/b6-5+. The first-order valence-corrected chi connectivity index (χ1v) is 20.8. The Morgan fingerprint density at radius 1 is 0.629 bits per heavy atom. The average Bonchev–Trinajstić information content (AvgIpc) is 3.23. The lowest BCUT2D eigenvalue weighted by Crippen LogP contribution is -2.06. The maximum atomic E-state index is 12.6. The molecule has 4 aromatic carbocycles. The number of nitrogens with zero attached hydrogens (tertiary/aromatic N) is 6.